The number of rotatable bonds is 7. The summed E-state index contributed by atoms with van der Waals surface area (Å²) in [7, 11) is -1.76. The summed E-state index contributed by atoms with van der Waals surface area (Å²) >= 11 is 0. The third kappa shape index (κ3) is 7.43. The molecule has 9 heteroatoms. The van der Waals surface area contributed by atoms with Crippen LogP contribution < -0.4 is 10.6 Å². The van der Waals surface area contributed by atoms with Crippen LogP contribution in [0.2, 0.25) is 0 Å². The molecule has 170 valence electrons. The average molecular weight is 560 g/mol. The smallest absolute Gasteiger partial charge is 0.243 e. The highest BCUT2D eigenvalue weighted by Crippen LogP contribution is 2.21. The van der Waals surface area contributed by atoms with Crippen LogP contribution in [0.3, 0.4) is 0 Å². The van der Waals surface area contributed by atoms with Crippen LogP contribution >= 0.6 is 24.0 Å². The summed E-state index contributed by atoms with van der Waals surface area (Å²) in [6.07, 6.45) is 3.66. The number of piperidine rings is 1. The van der Waals surface area contributed by atoms with Gasteiger partial charge in [-0.3, -0.25) is 4.99 Å². The van der Waals surface area contributed by atoms with Gasteiger partial charge in [0.2, 0.25) is 10.0 Å². The summed E-state index contributed by atoms with van der Waals surface area (Å²) in [6.45, 7) is 2.29. The van der Waals surface area contributed by atoms with Gasteiger partial charge < -0.3 is 10.6 Å². The Bertz CT molecular complexity index is 962. The molecule has 2 aromatic rings. The molecule has 0 atom stereocenters. The summed E-state index contributed by atoms with van der Waals surface area (Å²) in [6, 6.07) is 13.5. The molecule has 3 rings (SSSR count). The Hall–Kier alpha value is -1.72. The van der Waals surface area contributed by atoms with E-state index in [2.05, 4.69) is 15.6 Å². The minimum Gasteiger partial charge on any atom is -0.356 e. The molecule has 1 fully saturated rings. The predicted octanol–water partition coefficient (Wildman–Crippen LogP) is 3.53. The molecule has 0 amide bonds. The molecule has 2 N–H and O–H groups in total. The van der Waals surface area contributed by atoms with E-state index >= 15 is 0 Å². The number of guanidine groups is 1. The molecule has 0 unspecified atom stereocenters. The fourth-order valence-electron chi connectivity index (χ4n) is 3.45. The standard InChI is InChI=1S/C22H29FN4O2S.HI/c1-24-22(25-13-12-18-8-10-20(23)11-9-18)26-17-19-6-5-7-21(16-19)30(28,29)27-14-3-2-4-15-27;/h5-11,16H,2-4,12-15,17H2,1H3,(H2,24,25,26);1H. The largest absolute Gasteiger partial charge is 0.356 e. The Morgan fingerprint density at radius 2 is 1.74 bits per heavy atom. The van der Waals surface area contributed by atoms with Crippen molar-refractivity contribution in [2.24, 2.45) is 4.99 Å². The second-order valence-electron chi connectivity index (χ2n) is 7.34. The summed E-state index contributed by atoms with van der Waals surface area (Å²) < 4.78 is 40.3. The number of hydrogen-bond donors (Lipinski definition) is 2. The van der Waals surface area contributed by atoms with Gasteiger partial charge in [0, 0.05) is 33.2 Å². The Kier molecular flexibility index (Phi) is 10.2. The fraction of sp³-hybridized carbons (Fsp3) is 0.409. The fourth-order valence-corrected chi connectivity index (χ4v) is 5.04. The second-order valence-corrected chi connectivity index (χ2v) is 9.28. The van der Waals surface area contributed by atoms with Gasteiger partial charge in [-0.25, -0.2) is 12.8 Å². The lowest BCUT2D eigenvalue weighted by molar-refractivity contribution is 0.346. The summed E-state index contributed by atoms with van der Waals surface area (Å²) in [5.41, 5.74) is 1.91. The Labute approximate surface area is 201 Å². The van der Waals surface area contributed by atoms with Crippen LogP contribution in [0.15, 0.2) is 58.4 Å². The lowest BCUT2D eigenvalue weighted by Gasteiger charge is -2.26. The van der Waals surface area contributed by atoms with Crippen molar-refractivity contribution in [1.29, 1.82) is 0 Å². The van der Waals surface area contributed by atoms with Gasteiger partial charge in [0.05, 0.1) is 4.90 Å². The topological polar surface area (TPSA) is 73.8 Å². The first-order chi connectivity index (χ1) is 14.5. The van der Waals surface area contributed by atoms with Crippen molar-refractivity contribution in [3.05, 3.63) is 65.5 Å². The van der Waals surface area contributed by atoms with Crippen LogP contribution in [0.4, 0.5) is 4.39 Å². The van der Waals surface area contributed by atoms with Gasteiger partial charge in [-0.2, -0.15) is 4.31 Å². The lowest BCUT2D eigenvalue weighted by Crippen LogP contribution is -2.38. The Morgan fingerprint density at radius 1 is 1.03 bits per heavy atom. The molecule has 31 heavy (non-hydrogen) atoms. The highest BCUT2D eigenvalue weighted by Gasteiger charge is 2.25. The van der Waals surface area contributed by atoms with Crippen molar-refractivity contribution < 1.29 is 12.8 Å². The zero-order chi connectivity index (χ0) is 21.4. The highest BCUT2D eigenvalue weighted by molar-refractivity contribution is 14.0. The molecule has 0 bridgehead atoms. The maximum absolute atomic E-state index is 13.0. The van der Waals surface area contributed by atoms with Crippen molar-refractivity contribution >= 4 is 40.0 Å². The Balaban J connectivity index is 0.00000341. The van der Waals surface area contributed by atoms with Crippen molar-refractivity contribution in [2.75, 3.05) is 26.7 Å². The highest BCUT2D eigenvalue weighted by atomic mass is 127. The van der Waals surface area contributed by atoms with Gasteiger partial charge >= 0.3 is 0 Å². The minimum atomic E-state index is -3.44. The van der Waals surface area contributed by atoms with E-state index in [-0.39, 0.29) is 29.8 Å². The third-order valence-corrected chi connectivity index (χ3v) is 7.05. The van der Waals surface area contributed by atoms with Crippen molar-refractivity contribution in [1.82, 2.24) is 14.9 Å². The van der Waals surface area contributed by atoms with E-state index in [1.165, 1.54) is 12.1 Å². The molecule has 0 radical (unpaired) electrons. The van der Waals surface area contributed by atoms with Gasteiger partial charge in [0.1, 0.15) is 5.82 Å². The molecule has 1 aliphatic heterocycles. The van der Waals surface area contributed by atoms with Crippen molar-refractivity contribution in [3.8, 4) is 0 Å². The second kappa shape index (κ2) is 12.4. The lowest BCUT2D eigenvalue weighted by atomic mass is 10.1. The number of nitrogens with one attached hydrogen (secondary N) is 2. The molecule has 1 aliphatic rings. The van der Waals surface area contributed by atoms with Crippen LogP contribution in [-0.2, 0) is 23.0 Å². The Morgan fingerprint density at radius 3 is 2.42 bits per heavy atom. The van der Waals surface area contributed by atoms with Crippen LogP contribution in [-0.4, -0.2) is 45.4 Å². The van der Waals surface area contributed by atoms with E-state index in [0.717, 1.165) is 36.8 Å². The van der Waals surface area contributed by atoms with E-state index in [0.29, 0.717) is 37.0 Å². The third-order valence-electron chi connectivity index (χ3n) is 5.15. The van der Waals surface area contributed by atoms with Gasteiger partial charge in [-0.1, -0.05) is 30.7 Å². The van der Waals surface area contributed by atoms with E-state index in [1.807, 2.05) is 6.07 Å². The summed E-state index contributed by atoms with van der Waals surface area (Å²) in [5.74, 6) is 0.384. The normalized spacial score (nSPS) is 15.2. The van der Waals surface area contributed by atoms with Gasteiger partial charge in [-0.15, -0.1) is 24.0 Å². The van der Waals surface area contributed by atoms with E-state index in [9.17, 15) is 12.8 Å². The number of aliphatic imine (C=N–C) groups is 1. The average Bonchev–Trinajstić information content (AvgIpc) is 2.78. The number of benzene rings is 2. The van der Waals surface area contributed by atoms with Crippen LogP contribution in [0.25, 0.3) is 0 Å². The molecule has 0 saturated carbocycles. The maximum Gasteiger partial charge on any atom is 0.243 e. The number of hydrogen-bond acceptors (Lipinski definition) is 3. The number of halogens is 2. The monoisotopic (exact) mass is 560 g/mol. The summed E-state index contributed by atoms with van der Waals surface area (Å²) in [4.78, 5) is 4.54. The van der Waals surface area contributed by atoms with Gasteiger partial charge in [-0.05, 0) is 54.7 Å². The van der Waals surface area contributed by atoms with Gasteiger partial charge in [0.15, 0.2) is 5.96 Å². The molecule has 0 spiro atoms. The predicted molar refractivity (Wildman–Crippen MR) is 133 cm³/mol. The molecular weight excluding hydrogens is 530 g/mol. The van der Waals surface area contributed by atoms with Crippen molar-refractivity contribution in [2.45, 2.75) is 37.1 Å². The van der Waals surface area contributed by atoms with Crippen LogP contribution in [0, 0.1) is 5.82 Å². The molecule has 0 aliphatic carbocycles. The van der Waals surface area contributed by atoms with E-state index < -0.39 is 10.0 Å². The first kappa shape index (κ1) is 25.5. The molecule has 2 aromatic carbocycles. The van der Waals surface area contributed by atoms with Gasteiger partial charge in [0.25, 0.3) is 0 Å². The van der Waals surface area contributed by atoms with E-state index in [4.69, 9.17) is 0 Å². The maximum atomic E-state index is 13.0. The zero-order valence-corrected chi connectivity index (χ0v) is 20.8. The molecule has 0 aromatic heterocycles. The quantitative estimate of drug-likeness (QED) is 0.309. The van der Waals surface area contributed by atoms with Crippen molar-refractivity contribution in [3.63, 3.8) is 0 Å². The SMILES string of the molecule is CN=C(NCCc1ccc(F)cc1)NCc1cccc(S(=O)(=O)N2CCCCC2)c1.I. The molecule has 1 heterocycles. The van der Waals surface area contributed by atoms with Crippen LogP contribution in [0.5, 0.6) is 0 Å². The number of sulfonamides is 1. The number of nitrogens with zero attached hydrogens (tertiary/aromatic N) is 2. The first-order valence-corrected chi connectivity index (χ1v) is 11.7. The van der Waals surface area contributed by atoms with E-state index in [1.54, 1.807) is 41.7 Å². The van der Waals surface area contributed by atoms with Crippen LogP contribution in [0.1, 0.15) is 30.4 Å². The zero-order valence-electron chi connectivity index (χ0n) is 17.7. The molecule has 1 saturated heterocycles. The first-order valence-electron chi connectivity index (χ1n) is 10.3. The molecule has 6 nitrogen and oxygen atoms in total. The molecular formula is C22H30FIN4O2S. The minimum absolute atomic E-state index is 0. The summed E-state index contributed by atoms with van der Waals surface area (Å²) in [5, 5.41) is 6.43.